The molecule has 5 heterocycles. The van der Waals surface area contributed by atoms with Crippen LogP contribution in [0.2, 0.25) is 0 Å². The topological polar surface area (TPSA) is 114 Å². The van der Waals surface area contributed by atoms with Crippen molar-refractivity contribution in [2.24, 2.45) is 5.92 Å². The van der Waals surface area contributed by atoms with Gasteiger partial charge in [0.2, 0.25) is 0 Å². The van der Waals surface area contributed by atoms with E-state index in [2.05, 4.69) is 47.8 Å². The Morgan fingerprint density at radius 3 is 2.53 bits per heavy atom. The third-order valence-corrected chi connectivity index (χ3v) is 9.45. The van der Waals surface area contributed by atoms with Crippen molar-refractivity contribution < 1.29 is 19.5 Å². The number of aliphatic carboxylic acids is 1. The lowest BCUT2D eigenvalue weighted by Gasteiger charge is -2.27. The highest BCUT2D eigenvalue weighted by molar-refractivity contribution is 6.31. The van der Waals surface area contributed by atoms with Gasteiger partial charge in [0.05, 0.1) is 24.0 Å². The number of hydrogen-bond acceptors (Lipinski definition) is 5. The molecule has 0 bridgehead atoms. The summed E-state index contributed by atoms with van der Waals surface area (Å²) in [6, 6.07) is 10.3. The molecule has 0 saturated heterocycles. The molecule has 232 valence electrons. The molecule has 1 aromatic carbocycles. The number of aryl methyl sites for hydroxylation is 3. The number of amides is 2. The van der Waals surface area contributed by atoms with Gasteiger partial charge in [0.1, 0.15) is 0 Å². The Morgan fingerprint density at radius 1 is 1.00 bits per heavy atom. The zero-order chi connectivity index (χ0) is 31.4. The van der Waals surface area contributed by atoms with E-state index >= 15 is 0 Å². The molecule has 4 aromatic rings. The molecular formula is C35H38N6O4. The highest BCUT2D eigenvalue weighted by Crippen LogP contribution is 2.40. The van der Waals surface area contributed by atoms with Crippen molar-refractivity contribution >= 4 is 34.3 Å². The lowest BCUT2D eigenvalue weighted by atomic mass is 9.97. The number of carbonyl (C=O) groups is 3. The summed E-state index contributed by atoms with van der Waals surface area (Å²) in [6.07, 6.45) is 7.72. The molecule has 1 N–H and O–H groups in total. The molecular weight excluding hydrogens is 568 g/mol. The van der Waals surface area contributed by atoms with E-state index in [9.17, 15) is 19.5 Å². The maximum atomic E-state index is 14.2. The SMILES string of the molecule is CCc1ccc(-c2cc(C(=O)N3Cc4cnn(CC)c4C3)cc3cc(C4=CCCN(C(=O)C(=O)O)C4)n(CC4CC4)c23)c(C)n1. The quantitative estimate of drug-likeness (QED) is 0.295. The molecule has 10 heteroatoms. The van der Waals surface area contributed by atoms with Crippen molar-refractivity contribution in [2.75, 3.05) is 13.1 Å². The van der Waals surface area contributed by atoms with Crippen molar-refractivity contribution in [1.29, 1.82) is 0 Å². The Balaban J connectivity index is 1.37. The molecule has 1 aliphatic carbocycles. The maximum absolute atomic E-state index is 14.2. The second-order valence-corrected chi connectivity index (χ2v) is 12.5. The summed E-state index contributed by atoms with van der Waals surface area (Å²) in [6.45, 7) is 9.42. The first kappa shape index (κ1) is 29.0. The van der Waals surface area contributed by atoms with Crippen LogP contribution in [0.25, 0.3) is 27.6 Å². The fourth-order valence-electron chi connectivity index (χ4n) is 6.90. The molecule has 0 unspecified atom stereocenters. The number of fused-ring (bicyclic) bond motifs is 2. The Morgan fingerprint density at radius 2 is 1.82 bits per heavy atom. The van der Waals surface area contributed by atoms with Gasteiger partial charge in [-0.15, -0.1) is 0 Å². The van der Waals surface area contributed by atoms with Crippen LogP contribution in [0, 0.1) is 12.8 Å². The molecule has 0 spiro atoms. The molecule has 3 aromatic heterocycles. The minimum absolute atomic E-state index is 0.0283. The fraction of sp³-hybridized carbons (Fsp3) is 0.400. The number of rotatable bonds is 7. The zero-order valence-corrected chi connectivity index (χ0v) is 26.0. The second kappa shape index (κ2) is 11.3. The highest BCUT2D eigenvalue weighted by atomic mass is 16.4. The average Bonchev–Trinajstić information content (AvgIpc) is 3.46. The third kappa shape index (κ3) is 5.22. The number of aromatic nitrogens is 4. The Hall–Kier alpha value is -4.73. The molecule has 7 rings (SSSR count). The lowest BCUT2D eigenvalue weighted by molar-refractivity contribution is -0.155. The number of carbonyl (C=O) groups excluding carboxylic acids is 2. The van der Waals surface area contributed by atoms with Gasteiger partial charge in [-0.3, -0.25) is 19.3 Å². The minimum Gasteiger partial charge on any atom is -0.474 e. The van der Waals surface area contributed by atoms with Crippen molar-refractivity contribution in [1.82, 2.24) is 29.1 Å². The Bertz CT molecular complexity index is 1900. The van der Waals surface area contributed by atoms with Crippen LogP contribution in [0.5, 0.6) is 0 Å². The first-order chi connectivity index (χ1) is 21.7. The Labute approximate surface area is 261 Å². The van der Waals surface area contributed by atoms with Crippen LogP contribution >= 0.6 is 0 Å². The first-order valence-electron chi connectivity index (χ1n) is 15.9. The molecule has 3 aliphatic rings. The predicted molar refractivity (Wildman–Crippen MR) is 170 cm³/mol. The van der Waals surface area contributed by atoms with Gasteiger partial charge in [-0.05, 0) is 75.3 Å². The average molecular weight is 607 g/mol. The molecule has 1 fully saturated rings. The van der Waals surface area contributed by atoms with Gasteiger partial charge < -0.3 is 19.5 Å². The van der Waals surface area contributed by atoms with E-state index in [1.807, 2.05) is 34.8 Å². The molecule has 45 heavy (non-hydrogen) atoms. The number of benzene rings is 1. The molecule has 2 aliphatic heterocycles. The van der Waals surface area contributed by atoms with Crippen LogP contribution in [0.4, 0.5) is 0 Å². The van der Waals surface area contributed by atoms with Gasteiger partial charge >= 0.3 is 11.9 Å². The van der Waals surface area contributed by atoms with E-state index in [4.69, 9.17) is 4.98 Å². The third-order valence-electron chi connectivity index (χ3n) is 9.45. The maximum Gasteiger partial charge on any atom is 0.394 e. The smallest absolute Gasteiger partial charge is 0.394 e. The number of nitrogens with zero attached hydrogens (tertiary/aromatic N) is 6. The van der Waals surface area contributed by atoms with Gasteiger partial charge in [-0.2, -0.15) is 5.10 Å². The van der Waals surface area contributed by atoms with Gasteiger partial charge in [0, 0.05) is 77.4 Å². The minimum atomic E-state index is -1.44. The van der Waals surface area contributed by atoms with Crippen molar-refractivity contribution in [3.05, 3.63) is 76.5 Å². The number of carboxylic acids is 1. The lowest BCUT2D eigenvalue weighted by Crippen LogP contribution is -2.40. The largest absolute Gasteiger partial charge is 0.474 e. The van der Waals surface area contributed by atoms with E-state index in [0.717, 1.165) is 88.3 Å². The van der Waals surface area contributed by atoms with Crippen LogP contribution in [0.1, 0.15) is 71.8 Å². The van der Waals surface area contributed by atoms with Crippen LogP contribution in [-0.4, -0.2) is 65.1 Å². The summed E-state index contributed by atoms with van der Waals surface area (Å²) in [4.78, 5) is 46.3. The summed E-state index contributed by atoms with van der Waals surface area (Å²) in [5, 5.41) is 14.8. The van der Waals surface area contributed by atoms with Crippen molar-refractivity contribution in [3.63, 3.8) is 0 Å². The Kier molecular flexibility index (Phi) is 7.30. The van der Waals surface area contributed by atoms with Crippen LogP contribution in [0.3, 0.4) is 0 Å². The monoisotopic (exact) mass is 606 g/mol. The van der Waals surface area contributed by atoms with E-state index < -0.39 is 11.9 Å². The van der Waals surface area contributed by atoms with Crippen LogP contribution < -0.4 is 0 Å². The first-order valence-corrected chi connectivity index (χ1v) is 15.9. The summed E-state index contributed by atoms with van der Waals surface area (Å²) in [5.41, 5.74) is 9.61. The van der Waals surface area contributed by atoms with Crippen LogP contribution in [0.15, 0.2) is 42.6 Å². The fourth-order valence-corrected chi connectivity index (χ4v) is 6.90. The number of hydrogen-bond donors (Lipinski definition) is 1. The second-order valence-electron chi connectivity index (χ2n) is 12.5. The van der Waals surface area contributed by atoms with Gasteiger partial charge in [-0.1, -0.05) is 19.1 Å². The van der Waals surface area contributed by atoms with Gasteiger partial charge in [0.15, 0.2) is 0 Å². The highest BCUT2D eigenvalue weighted by Gasteiger charge is 2.32. The zero-order valence-electron chi connectivity index (χ0n) is 26.0. The molecule has 10 nitrogen and oxygen atoms in total. The summed E-state index contributed by atoms with van der Waals surface area (Å²) in [5.74, 6) is -1.79. The molecule has 1 saturated carbocycles. The predicted octanol–water partition coefficient (Wildman–Crippen LogP) is 5.06. The number of carboxylic acid groups (broad SMARTS) is 1. The van der Waals surface area contributed by atoms with Crippen LogP contribution in [-0.2, 0) is 42.2 Å². The molecule has 2 amide bonds. The van der Waals surface area contributed by atoms with E-state index in [1.54, 1.807) is 0 Å². The van der Waals surface area contributed by atoms with E-state index in [1.165, 1.54) is 4.90 Å². The van der Waals surface area contributed by atoms with E-state index in [0.29, 0.717) is 37.5 Å². The van der Waals surface area contributed by atoms with Crippen molar-refractivity contribution in [3.8, 4) is 11.1 Å². The van der Waals surface area contributed by atoms with Crippen molar-refractivity contribution in [2.45, 2.75) is 72.6 Å². The number of pyridine rings is 1. The summed E-state index contributed by atoms with van der Waals surface area (Å²) in [7, 11) is 0. The summed E-state index contributed by atoms with van der Waals surface area (Å²) >= 11 is 0. The van der Waals surface area contributed by atoms with Gasteiger partial charge in [0.25, 0.3) is 5.91 Å². The molecule has 0 atom stereocenters. The van der Waals surface area contributed by atoms with E-state index in [-0.39, 0.29) is 12.5 Å². The molecule has 0 radical (unpaired) electrons. The summed E-state index contributed by atoms with van der Waals surface area (Å²) < 4.78 is 4.30. The normalized spacial score (nSPS) is 16.3. The standard InChI is InChI=1S/C35H38N6O4/c1-4-27-10-11-28(21(3)37-27)29-14-25(33(42)39-19-26-16-36-41(5-2)31(26)20-39)13-24-15-30(40(32(24)29)17-22-8-9-22)23-7-6-12-38(18-23)34(43)35(44)45/h7,10-11,13-16,22H,4-6,8-9,12,17-20H2,1-3H3,(H,44,45). The van der Waals surface area contributed by atoms with Gasteiger partial charge in [-0.25, -0.2) is 4.79 Å².